The molecular weight excluding hydrogens is 441 g/mol. The zero-order valence-corrected chi connectivity index (χ0v) is 18.8. The van der Waals surface area contributed by atoms with Crippen molar-refractivity contribution in [3.63, 3.8) is 0 Å². The van der Waals surface area contributed by atoms with Crippen LogP contribution in [0.4, 0.5) is 13.2 Å². The van der Waals surface area contributed by atoms with Gasteiger partial charge in [-0.3, -0.25) is 4.79 Å². The van der Waals surface area contributed by atoms with Crippen LogP contribution in [-0.2, 0) is 26.9 Å². The quantitative estimate of drug-likeness (QED) is 0.498. The Morgan fingerprint density at radius 2 is 1.72 bits per heavy atom. The van der Waals surface area contributed by atoms with E-state index in [2.05, 4.69) is 0 Å². The van der Waals surface area contributed by atoms with Crippen LogP contribution in [-0.4, -0.2) is 23.0 Å². The standard InChI is InChI=1S/C24H25F3O4S/c1-4-15(12-14-7-9-16(10-8-14)24(25,26)27)22-21(29)20(28)19(23(30)31-22)17(5-2)18-11-6-13(3)32-18/h6-11,15,17,22,28H,4-5,12H2,1-3H3. The van der Waals surface area contributed by atoms with Crippen molar-refractivity contribution in [2.24, 2.45) is 5.92 Å². The molecule has 0 spiro atoms. The molecule has 0 bridgehead atoms. The van der Waals surface area contributed by atoms with Crippen LogP contribution in [0.1, 0.15) is 53.5 Å². The van der Waals surface area contributed by atoms with Crippen molar-refractivity contribution in [2.75, 3.05) is 0 Å². The number of aliphatic hydroxyl groups excluding tert-OH is 1. The minimum Gasteiger partial charge on any atom is -0.504 e. The van der Waals surface area contributed by atoms with E-state index >= 15 is 0 Å². The van der Waals surface area contributed by atoms with Crippen LogP contribution in [0.25, 0.3) is 0 Å². The largest absolute Gasteiger partial charge is 0.504 e. The number of rotatable bonds is 7. The van der Waals surface area contributed by atoms with E-state index in [0.29, 0.717) is 18.4 Å². The average molecular weight is 467 g/mol. The number of carbonyl (C=O) groups excluding carboxylic acids is 2. The molecule has 4 nitrogen and oxygen atoms in total. The fraction of sp³-hybridized carbons (Fsp3) is 0.417. The predicted molar refractivity (Wildman–Crippen MR) is 116 cm³/mol. The van der Waals surface area contributed by atoms with Crippen molar-refractivity contribution in [1.29, 1.82) is 0 Å². The van der Waals surface area contributed by atoms with Gasteiger partial charge in [0.05, 0.1) is 11.1 Å². The molecule has 172 valence electrons. The molecule has 0 saturated carbocycles. The smallest absolute Gasteiger partial charge is 0.416 e. The van der Waals surface area contributed by atoms with Crippen LogP contribution >= 0.6 is 11.3 Å². The molecule has 3 atom stereocenters. The summed E-state index contributed by atoms with van der Waals surface area (Å²) in [5.74, 6) is -2.88. The minimum atomic E-state index is -4.43. The minimum absolute atomic E-state index is 0.0278. The number of aliphatic hydroxyl groups is 1. The van der Waals surface area contributed by atoms with E-state index < -0.39 is 47.2 Å². The van der Waals surface area contributed by atoms with Crippen molar-refractivity contribution in [1.82, 2.24) is 0 Å². The first-order valence-corrected chi connectivity index (χ1v) is 11.3. The second-order valence-corrected chi connectivity index (χ2v) is 9.25. The molecule has 32 heavy (non-hydrogen) atoms. The molecule has 8 heteroatoms. The van der Waals surface area contributed by atoms with Gasteiger partial charge in [0.2, 0.25) is 5.78 Å². The van der Waals surface area contributed by atoms with Gasteiger partial charge in [0.25, 0.3) is 0 Å². The van der Waals surface area contributed by atoms with Gasteiger partial charge in [-0.15, -0.1) is 11.3 Å². The first-order valence-electron chi connectivity index (χ1n) is 10.5. The van der Waals surface area contributed by atoms with Crippen molar-refractivity contribution in [2.45, 2.75) is 58.2 Å². The second-order valence-electron chi connectivity index (χ2n) is 7.93. The molecule has 0 radical (unpaired) electrons. The Kier molecular flexibility index (Phi) is 7.12. The van der Waals surface area contributed by atoms with Gasteiger partial charge in [-0.05, 0) is 56.0 Å². The van der Waals surface area contributed by atoms with Crippen LogP contribution in [0.15, 0.2) is 47.7 Å². The number of aryl methyl sites for hydroxylation is 1. The molecule has 2 aromatic rings. The first-order chi connectivity index (χ1) is 15.1. The third kappa shape index (κ3) is 4.90. The van der Waals surface area contributed by atoms with Gasteiger partial charge in [0.1, 0.15) is 0 Å². The SMILES string of the molecule is CCC(C1=C(O)C(=O)C(C(CC)Cc2ccc(C(F)(F)F)cc2)OC1=O)c1ccc(C)s1. The summed E-state index contributed by atoms with van der Waals surface area (Å²) in [6.45, 7) is 5.60. The Balaban J connectivity index is 1.84. The summed E-state index contributed by atoms with van der Waals surface area (Å²) in [5.41, 5.74) is -0.197. The lowest BCUT2D eigenvalue weighted by Crippen LogP contribution is -2.42. The van der Waals surface area contributed by atoms with Crippen LogP contribution in [0, 0.1) is 12.8 Å². The number of hydrogen-bond acceptors (Lipinski definition) is 5. The molecule has 3 rings (SSSR count). The molecule has 3 unspecified atom stereocenters. The van der Waals surface area contributed by atoms with Crippen molar-refractivity contribution < 1.29 is 32.6 Å². The molecule has 0 saturated heterocycles. The van der Waals surface area contributed by atoms with Gasteiger partial charge < -0.3 is 9.84 Å². The monoisotopic (exact) mass is 466 g/mol. The van der Waals surface area contributed by atoms with Crippen LogP contribution in [0.5, 0.6) is 0 Å². The molecule has 1 N–H and O–H groups in total. The maximum absolute atomic E-state index is 13.0. The lowest BCUT2D eigenvalue weighted by atomic mass is 9.84. The maximum Gasteiger partial charge on any atom is 0.416 e. The van der Waals surface area contributed by atoms with Gasteiger partial charge in [0, 0.05) is 21.6 Å². The van der Waals surface area contributed by atoms with E-state index in [0.717, 1.165) is 21.9 Å². The van der Waals surface area contributed by atoms with Crippen LogP contribution in [0.2, 0.25) is 0 Å². The number of benzene rings is 1. The number of hydrogen-bond donors (Lipinski definition) is 1. The van der Waals surface area contributed by atoms with E-state index in [1.165, 1.54) is 23.5 Å². The average Bonchev–Trinajstić information content (AvgIpc) is 3.17. The number of alkyl halides is 3. The Hall–Kier alpha value is -2.61. The molecule has 0 aliphatic carbocycles. The van der Waals surface area contributed by atoms with Gasteiger partial charge >= 0.3 is 12.1 Å². The molecular formula is C24H25F3O4S. The van der Waals surface area contributed by atoms with Gasteiger partial charge in [-0.25, -0.2) is 4.79 Å². The van der Waals surface area contributed by atoms with E-state index in [1.54, 1.807) is 6.92 Å². The number of ketones is 1. The fourth-order valence-corrected chi connectivity index (χ4v) is 5.07. The summed E-state index contributed by atoms with van der Waals surface area (Å²) in [7, 11) is 0. The Labute approximate surface area is 188 Å². The van der Waals surface area contributed by atoms with Crippen LogP contribution in [0.3, 0.4) is 0 Å². The maximum atomic E-state index is 13.0. The molecule has 2 heterocycles. The molecule has 0 amide bonds. The number of ether oxygens (including phenoxy) is 1. The second kappa shape index (κ2) is 9.48. The van der Waals surface area contributed by atoms with Gasteiger partial charge in [0.15, 0.2) is 11.9 Å². The molecule has 1 aliphatic heterocycles. The third-order valence-electron chi connectivity index (χ3n) is 5.79. The molecule has 1 aromatic carbocycles. The fourth-order valence-electron chi connectivity index (χ4n) is 4.00. The highest BCUT2D eigenvalue weighted by Crippen LogP contribution is 2.38. The zero-order chi connectivity index (χ0) is 23.6. The Morgan fingerprint density at radius 3 is 2.22 bits per heavy atom. The summed E-state index contributed by atoms with van der Waals surface area (Å²) in [6, 6.07) is 8.47. The summed E-state index contributed by atoms with van der Waals surface area (Å²) in [5, 5.41) is 10.7. The van der Waals surface area contributed by atoms with Crippen molar-refractivity contribution in [3.05, 3.63) is 68.6 Å². The lowest BCUT2D eigenvalue weighted by Gasteiger charge is -2.31. The number of carbonyl (C=O) groups is 2. The van der Waals surface area contributed by atoms with Gasteiger partial charge in [-0.1, -0.05) is 26.0 Å². The molecule has 1 aromatic heterocycles. The number of esters is 1. The van der Waals surface area contributed by atoms with E-state index in [1.807, 2.05) is 26.0 Å². The van der Waals surface area contributed by atoms with Gasteiger partial charge in [-0.2, -0.15) is 13.2 Å². The third-order valence-corrected chi connectivity index (χ3v) is 6.91. The highest BCUT2D eigenvalue weighted by molar-refractivity contribution is 7.12. The van der Waals surface area contributed by atoms with Crippen molar-refractivity contribution in [3.8, 4) is 0 Å². The predicted octanol–water partition coefficient (Wildman–Crippen LogP) is 6.14. The van der Waals surface area contributed by atoms with Crippen molar-refractivity contribution >= 4 is 23.1 Å². The topological polar surface area (TPSA) is 63.6 Å². The summed E-state index contributed by atoms with van der Waals surface area (Å²) in [6.07, 6.45) is -4.42. The summed E-state index contributed by atoms with van der Waals surface area (Å²) in [4.78, 5) is 27.8. The lowest BCUT2D eigenvalue weighted by molar-refractivity contribution is -0.158. The number of cyclic esters (lactones) is 1. The first kappa shape index (κ1) is 24.0. The Morgan fingerprint density at radius 1 is 1.06 bits per heavy atom. The number of halogens is 3. The summed E-state index contributed by atoms with van der Waals surface area (Å²) >= 11 is 1.49. The normalized spacial score (nSPS) is 19.1. The molecule has 1 aliphatic rings. The van der Waals surface area contributed by atoms with E-state index in [9.17, 15) is 27.9 Å². The van der Waals surface area contributed by atoms with E-state index in [4.69, 9.17) is 4.74 Å². The highest BCUT2D eigenvalue weighted by atomic mass is 32.1. The highest BCUT2D eigenvalue weighted by Gasteiger charge is 2.43. The number of thiophene rings is 1. The summed E-state index contributed by atoms with van der Waals surface area (Å²) < 4.78 is 43.9. The molecule has 0 fully saturated rings. The van der Waals surface area contributed by atoms with E-state index in [-0.39, 0.29) is 12.0 Å². The number of Topliss-reactive ketones (excluding diaryl/α,β-unsaturated/α-hetero) is 1. The zero-order valence-electron chi connectivity index (χ0n) is 18.0. The Bertz CT molecular complexity index is 1020. The van der Waals surface area contributed by atoms with Crippen LogP contribution < -0.4 is 0 Å².